The van der Waals surface area contributed by atoms with Crippen LogP contribution in [0, 0.1) is 0 Å². The predicted molar refractivity (Wildman–Crippen MR) is 84.3 cm³/mol. The van der Waals surface area contributed by atoms with Gasteiger partial charge in [0.25, 0.3) is 0 Å². The second kappa shape index (κ2) is 7.58. The van der Waals surface area contributed by atoms with E-state index in [-0.39, 0.29) is 0 Å². The number of anilines is 1. The van der Waals surface area contributed by atoms with Crippen LogP contribution in [0.1, 0.15) is 50.7 Å². The number of likely N-dealkylation sites (N-methyl/N-ethyl adjacent to an activating group) is 1. The van der Waals surface area contributed by atoms with E-state index in [2.05, 4.69) is 31.0 Å². The number of hydrogen-bond donors (Lipinski definition) is 1. The summed E-state index contributed by atoms with van der Waals surface area (Å²) in [5, 5.41) is 3.43. The Balaban J connectivity index is 2.14. The van der Waals surface area contributed by atoms with Crippen molar-refractivity contribution in [2.45, 2.75) is 52.9 Å². The van der Waals surface area contributed by atoms with Crippen molar-refractivity contribution in [3.8, 4) is 0 Å². The van der Waals surface area contributed by atoms with Gasteiger partial charge in [0.15, 0.2) is 0 Å². The molecule has 4 heteroatoms. The van der Waals surface area contributed by atoms with Gasteiger partial charge >= 0.3 is 0 Å². The molecular formula is C16H28N4. The Morgan fingerprint density at radius 3 is 2.50 bits per heavy atom. The molecule has 0 bridgehead atoms. The van der Waals surface area contributed by atoms with E-state index in [1.54, 1.807) is 0 Å². The summed E-state index contributed by atoms with van der Waals surface area (Å²) >= 11 is 0. The number of nitrogens with one attached hydrogen (secondary N) is 1. The summed E-state index contributed by atoms with van der Waals surface area (Å²) in [7, 11) is 0. The van der Waals surface area contributed by atoms with Gasteiger partial charge in [0.05, 0.1) is 0 Å². The molecular weight excluding hydrogens is 248 g/mol. The molecule has 0 aliphatic heterocycles. The molecule has 1 aliphatic carbocycles. The van der Waals surface area contributed by atoms with Gasteiger partial charge in [-0.3, -0.25) is 0 Å². The topological polar surface area (TPSA) is 41.1 Å². The largest absolute Gasteiger partial charge is 0.370 e. The highest BCUT2D eigenvalue weighted by atomic mass is 15.1. The minimum absolute atomic E-state index is 0.930. The lowest BCUT2D eigenvalue weighted by atomic mass is 9.96. The first kappa shape index (κ1) is 15.2. The van der Waals surface area contributed by atoms with Crippen LogP contribution in [-0.4, -0.2) is 41.0 Å². The zero-order chi connectivity index (χ0) is 14.4. The molecule has 1 heterocycles. The van der Waals surface area contributed by atoms with Crippen LogP contribution in [0.5, 0.6) is 0 Å². The normalized spacial score (nSPS) is 14.4. The monoisotopic (exact) mass is 276 g/mol. The molecule has 0 aromatic carbocycles. The van der Waals surface area contributed by atoms with Gasteiger partial charge in [-0.15, -0.1) is 0 Å². The van der Waals surface area contributed by atoms with Gasteiger partial charge in [-0.25, -0.2) is 9.97 Å². The van der Waals surface area contributed by atoms with Crippen molar-refractivity contribution < 1.29 is 0 Å². The van der Waals surface area contributed by atoms with Crippen molar-refractivity contribution in [2.75, 3.05) is 31.5 Å². The van der Waals surface area contributed by atoms with Gasteiger partial charge in [0, 0.05) is 30.8 Å². The molecule has 0 amide bonds. The summed E-state index contributed by atoms with van der Waals surface area (Å²) in [5.41, 5.74) is 2.65. The van der Waals surface area contributed by atoms with Crippen molar-refractivity contribution in [3.63, 3.8) is 0 Å². The Hall–Kier alpha value is -1.16. The first-order valence-electron chi connectivity index (χ1n) is 8.13. The molecule has 20 heavy (non-hydrogen) atoms. The van der Waals surface area contributed by atoms with E-state index in [1.165, 1.54) is 24.1 Å². The molecule has 1 aliphatic rings. The third-order valence-corrected chi connectivity index (χ3v) is 4.12. The second-order valence-corrected chi connectivity index (χ2v) is 5.43. The maximum atomic E-state index is 4.82. The summed E-state index contributed by atoms with van der Waals surface area (Å²) in [5.74, 6) is 2.10. The lowest BCUT2D eigenvalue weighted by molar-refractivity contribution is 0.305. The molecule has 0 radical (unpaired) electrons. The molecule has 112 valence electrons. The Labute approximate surface area is 123 Å². The minimum Gasteiger partial charge on any atom is -0.370 e. The second-order valence-electron chi connectivity index (χ2n) is 5.43. The van der Waals surface area contributed by atoms with Gasteiger partial charge in [-0.1, -0.05) is 13.8 Å². The Kier molecular flexibility index (Phi) is 5.77. The van der Waals surface area contributed by atoms with E-state index in [4.69, 9.17) is 9.97 Å². The van der Waals surface area contributed by atoms with Crippen molar-refractivity contribution in [2.24, 2.45) is 0 Å². The van der Waals surface area contributed by atoms with Crippen molar-refractivity contribution in [1.82, 2.24) is 14.9 Å². The maximum absolute atomic E-state index is 4.82. The van der Waals surface area contributed by atoms with E-state index in [1.807, 2.05) is 0 Å². The zero-order valence-corrected chi connectivity index (χ0v) is 13.2. The highest BCUT2D eigenvalue weighted by Gasteiger charge is 2.17. The molecule has 2 rings (SSSR count). The Morgan fingerprint density at radius 1 is 1.05 bits per heavy atom. The van der Waals surface area contributed by atoms with Gasteiger partial charge in [-0.05, 0) is 45.7 Å². The fourth-order valence-corrected chi connectivity index (χ4v) is 2.87. The summed E-state index contributed by atoms with van der Waals surface area (Å²) in [6.45, 7) is 10.7. The third kappa shape index (κ3) is 3.69. The lowest BCUT2D eigenvalue weighted by Crippen LogP contribution is -2.26. The molecule has 4 nitrogen and oxygen atoms in total. The fourth-order valence-electron chi connectivity index (χ4n) is 2.87. The molecule has 0 saturated heterocycles. The number of rotatable bonds is 7. The van der Waals surface area contributed by atoms with Crippen LogP contribution in [0.15, 0.2) is 0 Å². The highest BCUT2D eigenvalue weighted by Crippen LogP contribution is 2.25. The average molecular weight is 276 g/mol. The Bertz CT molecular complexity index is 427. The van der Waals surface area contributed by atoms with Crippen LogP contribution in [0.25, 0.3) is 0 Å². The SMILES string of the molecule is CCNc1nc(CCN(CC)CC)nc2c1CCCC2. The number of hydrogen-bond acceptors (Lipinski definition) is 4. The van der Waals surface area contributed by atoms with Gasteiger partial charge in [0.2, 0.25) is 0 Å². The van der Waals surface area contributed by atoms with Gasteiger partial charge in [0.1, 0.15) is 11.6 Å². The van der Waals surface area contributed by atoms with Crippen LogP contribution in [0.2, 0.25) is 0 Å². The number of aromatic nitrogens is 2. The molecule has 1 N–H and O–H groups in total. The summed E-state index contributed by atoms with van der Waals surface area (Å²) in [4.78, 5) is 12.0. The van der Waals surface area contributed by atoms with Crippen LogP contribution < -0.4 is 5.32 Å². The molecule has 0 unspecified atom stereocenters. The van der Waals surface area contributed by atoms with Gasteiger partial charge < -0.3 is 10.2 Å². The quantitative estimate of drug-likeness (QED) is 0.831. The van der Waals surface area contributed by atoms with Crippen LogP contribution in [0.4, 0.5) is 5.82 Å². The zero-order valence-electron chi connectivity index (χ0n) is 13.2. The molecule has 1 aromatic heterocycles. The van der Waals surface area contributed by atoms with Crippen LogP contribution in [0.3, 0.4) is 0 Å². The van der Waals surface area contributed by atoms with E-state index in [0.717, 1.165) is 57.1 Å². The standard InChI is InChI=1S/C16H28N4/c1-4-17-16-13-9-7-8-10-14(13)18-15(19-16)11-12-20(5-2)6-3/h4-12H2,1-3H3,(H,17,18,19). The summed E-state index contributed by atoms with van der Waals surface area (Å²) in [6.07, 6.45) is 5.74. The van der Waals surface area contributed by atoms with E-state index >= 15 is 0 Å². The summed E-state index contributed by atoms with van der Waals surface area (Å²) in [6, 6.07) is 0. The number of fused-ring (bicyclic) bond motifs is 1. The van der Waals surface area contributed by atoms with E-state index in [0.29, 0.717) is 0 Å². The molecule has 0 fully saturated rings. The summed E-state index contributed by atoms with van der Waals surface area (Å²) < 4.78 is 0. The molecule has 1 aromatic rings. The van der Waals surface area contributed by atoms with Crippen LogP contribution >= 0.6 is 0 Å². The predicted octanol–water partition coefficient (Wildman–Crippen LogP) is 2.67. The van der Waals surface area contributed by atoms with Crippen molar-refractivity contribution >= 4 is 5.82 Å². The van der Waals surface area contributed by atoms with Crippen molar-refractivity contribution in [1.29, 1.82) is 0 Å². The molecule has 0 atom stereocenters. The molecule has 0 spiro atoms. The van der Waals surface area contributed by atoms with E-state index < -0.39 is 0 Å². The maximum Gasteiger partial charge on any atom is 0.133 e. The third-order valence-electron chi connectivity index (χ3n) is 4.12. The lowest BCUT2D eigenvalue weighted by Gasteiger charge is -2.21. The Morgan fingerprint density at radius 2 is 1.80 bits per heavy atom. The average Bonchev–Trinajstić information content (AvgIpc) is 2.48. The first-order chi connectivity index (χ1) is 9.78. The highest BCUT2D eigenvalue weighted by molar-refractivity contribution is 5.47. The van der Waals surface area contributed by atoms with Crippen LogP contribution in [-0.2, 0) is 19.3 Å². The number of nitrogens with zero attached hydrogens (tertiary/aromatic N) is 3. The number of aryl methyl sites for hydroxylation is 1. The smallest absolute Gasteiger partial charge is 0.133 e. The van der Waals surface area contributed by atoms with Crippen molar-refractivity contribution in [3.05, 3.63) is 17.1 Å². The van der Waals surface area contributed by atoms with E-state index in [9.17, 15) is 0 Å². The first-order valence-corrected chi connectivity index (χ1v) is 8.13. The molecule has 0 saturated carbocycles. The van der Waals surface area contributed by atoms with Gasteiger partial charge in [-0.2, -0.15) is 0 Å². The fraction of sp³-hybridized carbons (Fsp3) is 0.750. The minimum atomic E-state index is 0.930.